The fraction of sp³-hybridized carbons (Fsp3) is 0.389. The summed E-state index contributed by atoms with van der Waals surface area (Å²) in [5.41, 5.74) is 2.06. The van der Waals surface area contributed by atoms with E-state index < -0.39 is 6.10 Å². The molecule has 1 aliphatic carbocycles. The van der Waals surface area contributed by atoms with Gasteiger partial charge in [-0.3, -0.25) is 4.90 Å². The number of hydrogen-bond donors (Lipinski definition) is 3. The molecule has 3 N–H and O–H groups in total. The molecule has 0 radical (unpaired) electrons. The molecule has 0 unspecified atom stereocenters. The van der Waals surface area contributed by atoms with Gasteiger partial charge >= 0.3 is 6.03 Å². The summed E-state index contributed by atoms with van der Waals surface area (Å²) in [4.78, 5) is 14.3. The van der Waals surface area contributed by atoms with Gasteiger partial charge in [-0.05, 0) is 37.4 Å². The van der Waals surface area contributed by atoms with Gasteiger partial charge in [-0.15, -0.1) is 0 Å². The smallest absolute Gasteiger partial charge is 0.315 e. The molecule has 0 fully saturated rings. The summed E-state index contributed by atoms with van der Waals surface area (Å²) in [6.45, 7) is 0.414. The predicted octanol–water partition coefficient (Wildman–Crippen LogP) is 1.84. The molecular formula is C18H23N3O3. The number of fused-ring (bicyclic) bond motifs is 1. The van der Waals surface area contributed by atoms with Crippen molar-refractivity contribution in [2.75, 3.05) is 20.6 Å². The number of rotatable bonds is 5. The highest BCUT2D eigenvalue weighted by atomic mass is 16.3. The number of hydrogen-bond acceptors (Lipinski definition) is 4. The third kappa shape index (κ3) is 3.44. The van der Waals surface area contributed by atoms with Crippen LogP contribution in [-0.2, 0) is 6.42 Å². The summed E-state index contributed by atoms with van der Waals surface area (Å²) in [7, 11) is 3.87. The summed E-state index contributed by atoms with van der Waals surface area (Å²) >= 11 is 0. The quantitative estimate of drug-likeness (QED) is 0.782. The van der Waals surface area contributed by atoms with Crippen molar-refractivity contribution in [3.8, 4) is 0 Å². The Kier molecular flexibility index (Phi) is 4.87. The van der Waals surface area contributed by atoms with Crippen molar-refractivity contribution in [3.05, 3.63) is 59.5 Å². The van der Waals surface area contributed by atoms with Crippen molar-refractivity contribution in [2.45, 2.75) is 24.6 Å². The molecule has 1 aromatic heterocycles. The van der Waals surface area contributed by atoms with Crippen molar-refractivity contribution in [3.63, 3.8) is 0 Å². The van der Waals surface area contributed by atoms with E-state index in [9.17, 15) is 9.90 Å². The minimum Gasteiger partial charge on any atom is -0.468 e. The van der Waals surface area contributed by atoms with Gasteiger partial charge in [0.05, 0.1) is 24.5 Å². The first-order valence-corrected chi connectivity index (χ1v) is 8.06. The molecule has 1 heterocycles. The van der Waals surface area contributed by atoms with Crippen molar-refractivity contribution in [1.29, 1.82) is 0 Å². The van der Waals surface area contributed by atoms with E-state index in [0.29, 0.717) is 13.0 Å². The molecule has 1 aromatic carbocycles. The summed E-state index contributed by atoms with van der Waals surface area (Å²) < 4.78 is 5.43. The van der Waals surface area contributed by atoms with Gasteiger partial charge in [0.1, 0.15) is 5.76 Å². The Morgan fingerprint density at radius 1 is 1.33 bits per heavy atom. The summed E-state index contributed by atoms with van der Waals surface area (Å²) in [6, 6.07) is 10.8. The molecule has 6 heteroatoms. The molecule has 2 aromatic rings. The lowest BCUT2D eigenvalue weighted by molar-refractivity contribution is 0.141. The number of nitrogens with zero attached hydrogens (tertiary/aromatic N) is 1. The third-order valence-electron chi connectivity index (χ3n) is 4.44. The van der Waals surface area contributed by atoms with Crippen molar-refractivity contribution >= 4 is 6.03 Å². The molecule has 0 saturated carbocycles. The van der Waals surface area contributed by atoms with Gasteiger partial charge in [0.15, 0.2) is 0 Å². The minimum atomic E-state index is -0.595. The normalized spacial score (nSPS) is 20.7. The number of likely N-dealkylation sites (N-methyl/N-ethyl adjacent to an activating group) is 1. The standard InChI is InChI=1S/C18H23N3O3/c1-21(2)14(16-8-5-9-24-16)11-19-18(23)20-17-13-7-4-3-6-12(13)10-15(17)22/h3-9,14-15,17,22H,10-11H2,1-2H3,(H2,19,20,23)/t14-,15+,17-/m1/s1. The average molecular weight is 329 g/mol. The Balaban J connectivity index is 1.60. The first-order chi connectivity index (χ1) is 11.6. The van der Waals surface area contributed by atoms with E-state index in [-0.39, 0.29) is 18.1 Å². The van der Waals surface area contributed by atoms with Gasteiger partial charge in [-0.1, -0.05) is 24.3 Å². The monoisotopic (exact) mass is 329 g/mol. The van der Waals surface area contributed by atoms with E-state index in [1.807, 2.05) is 55.4 Å². The van der Waals surface area contributed by atoms with E-state index in [0.717, 1.165) is 16.9 Å². The molecule has 0 bridgehead atoms. The molecule has 3 atom stereocenters. The van der Waals surface area contributed by atoms with Gasteiger partial charge in [-0.25, -0.2) is 4.79 Å². The Morgan fingerprint density at radius 3 is 2.83 bits per heavy atom. The number of benzene rings is 1. The Bertz CT molecular complexity index is 685. The number of urea groups is 1. The second-order valence-electron chi connectivity index (χ2n) is 6.30. The van der Waals surface area contributed by atoms with E-state index in [1.54, 1.807) is 6.26 Å². The summed E-state index contributed by atoms with van der Waals surface area (Å²) in [6.07, 6.45) is 1.59. The number of carbonyl (C=O) groups excluding carboxylic acids is 1. The van der Waals surface area contributed by atoms with E-state index in [1.165, 1.54) is 0 Å². The van der Waals surface area contributed by atoms with Crippen LogP contribution in [0.25, 0.3) is 0 Å². The number of carbonyl (C=O) groups is 1. The van der Waals surface area contributed by atoms with Gasteiger partial charge < -0.3 is 20.2 Å². The predicted molar refractivity (Wildman–Crippen MR) is 90.6 cm³/mol. The molecule has 0 aliphatic heterocycles. The lowest BCUT2D eigenvalue weighted by Crippen LogP contribution is -2.43. The van der Waals surface area contributed by atoms with Gasteiger partial charge in [0, 0.05) is 13.0 Å². The third-order valence-corrected chi connectivity index (χ3v) is 4.44. The zero-order valence-corrected chi connectivity index (χ0v) is 13.9. The zero-order chi connectivity index (χ0) is 17.1. The summed E-state index contributed by atoms with van der Waals surface area (Å²) in [5.74, 6) is 0.798. The SMILES string of the molecule is CN(C)[C@H](CNC(=O)N[C@@H]1c2ccccc2C[C@@H]1O)c1ccco1. The van der Waals surface area contributed by atoms with Crippen LogP contribution in [-0.4, -0.2) is 42.8 Å². The Hall–Kier alpha value is -2.31. The van der Waals surface area contributed by atoms with E-state index in [2.05, 4.69) is 10.6 Å². The lowest BCUT2D eigenvalue weighted by Gasteiger charge is -2.24. The van der Waals surface area contributed by atoms with Crippen molar-refractivity contribution in [1.82, 2.24) is 15.5 Å². The van der Waals surface area contributed by atoms with E-state index >= 15 is 0 Å². The highest BCUT2D eigenvalue weighted by Gasteiger charge is 2.32. The van der Waals surface area contributed by atoms with Crippen LogP contribution in [0, 0.1) is 0 Å². The maximum atomic E-state index is 12.3. The van der Waals surface area contributed by atoms with Crippen LogP contribution in [0.5, 0.6) is 0 Å². The molecule has 3 rings (SSSR count). The fourth-order valence-electron chi connectivity index (χ4n) is 3.15. The number of aliphatic hydroxyl groups is 1. The number of furan rings is 1. The first kappa shape index (κ1) is 16.5. The van der Waals surface area contributed by atoms with Crippen LogP contribution >= 0.6 is 0 Å². The maximum Gasteiger partial charge on any atom is 0.315 e. The minimum absolute atomic E-state index is 0.0495. The molecule has 24 heavy (non-hydrogen) atoms. The molecular weight excluding hydrogens is 306 g/mol. The van der Waals surface area contributed by atoms with Crippen LogP contribution < -0.4 is 10.6 Å². The molecule has 1 aliphatic rings. The number of aliphatic hydroxyl groups excluding tert-OH is 1. The van der Waals surface area contributed by atoms with Crippen LogP contribution in [0.4, 0.5) is 4.79 Å². The zero-order valence-electron chi connectivity index (χ0n) is 13.9. The second kappa shape index (κ2) is 7.07. The molecule has 0 spiro atoms. The first-order valence-electron chi connectivity index (χ1n) is 8.06. The Morgan fingerprint density at radius 2 is 2.12 bits per heavy atom. The highest BCUT2D eigenvalue weighted by molar-refractivity contribution is 5.74. The molecule has 0 saturated heterocycles. The molecule has 2 amide bonds. The van der Waals surface area contributed by atoms with Crippen LogP contribution in [0.2, 0.25) is 0 Å². The van der Waals surface area contributed by atoms with Crippen molar-refractivity contribution in [2.24, 2.45) is 0 Å². The molecule has 128 valence electrons. The van der Waals surface area contributed by atoms with Gasteiger partial charge in [0.25, 0.3) is 0 Å². The van der Waals surface area contributed by atoms with Crippen LogP contribution in [0.15, 0.2) is 47.1 Å². The topological polar surface area (TPSA) is 77.7 Å². The van der Waals surface area contributed by atoms with Gasteiger partial charge in [0.2, 0.25) is 0 Å². The van der Waals surface area contributed by atoms with Gasteiger partial charge in [-0.2, -0.15) is 0 Å². The fourth-order valence-corrected chi connectivity index (χ4v) is 3.15. The number of amides is 2. The van der Waals surface area contributed by atoms with Crippen molar-refractivity contribution < 1.29 is 14.3 Å². The molecule has 6 nitrogen and oxygen atoms in total. The van der Waals surface area contributed by atoms with E-state index in [4.69, 9.17) is 4.42 Å². The average Bonchev–Trinajstić information content (AvgIpc) is 3.16. The van der Waals surface area contributed by atoms with Crippen LogP contribution in [0.3, 0.4) is 0 Å². The summed E-state index contributed by atoms with van der Waals surface area (Å²) in [5, 5.41) is 16.0. The largest absolute Gasteiger partial charge is 0.468 e. The maximum absolute atomic E-state index is 12.3. The lowest BCUT2D eigenvalue weighted by atomic mass is 10.1. The second-order valence-corrected chi connectivity index (χ2v) is 6.30. The number of nitrogens with one attached hydrogen (secondary N) is 2. The highest BCUT2D eigenvalue weighted by Crippen LogP contribution is 2.31. The van der Waals surface area contributed by atoms with Crippen LogP contribution in [0.1, 0.15) is 29.0 Å². The Labute approximate surface area is 141 Å².